The summed E-state index contributed by atoms with van der Waals surface area (Å²) in [5.41, 5.74) is 0.963. The van der Waals surface area contributed by atoms with Gasteiger partial charge in [0.25, 0.3) is 0 Å². The maximum absolute atomic E-state index is 11.8. The lowest BCUT2D eigenvalue weighted by molar-refractivity contribution is -0.147. The molecule has 1 atom stereocenters. The number of aryl methyl sites for hydroxylation is 1. The van der Waals surface area contributed by atoms with E-state index in [1.165, 1.54) is 0 Å². The second-order valence-corrected chi connectivity index (χ2v) is 5.22. The van der Waals surface area contributed by atoms with Gasteiger partial charge in [-0.1, -0.05) is 19.9 Å². The average Bonchev–Trinajstić information content (AvgIpc) is 2.50. The molecule has 1 heterocycles. The number of carboxylic acids is 1. The summed E-state index contributed by atoms with van der Waals surface area (Å²) >= 11 is 0. The molecule has 0 aliphatic carbocycles. The maximum atomic E-state index is 11.8. The standard InChI is InChI=1S/C15H23N3O3/c1-4-11-7-6-8-16-12(11)9-17-14(21)18-10-15(3,5-2)13(19)20/h6-8H,4-5,9-10H2,1-3H3,(H,19,20)(H2,17,18,21). The zero-order valence-electron chi connectivity index (χ0n) is 12.8. The molecular weight excluding hydrogens is 270 g/mol. The number of amides is 2. The zero-order valence-corrected chi connectivity index (χ0v) is 12.8. The number of nitrogens with zero attached hydrogens (tertiary/aromatic N) is 1. The van der Waals surface area contributed by atoms with Crippen LogP contribution in [0.4, 0.5) is 4.79 Å². The van der Waals surface area contributed by atoms with Gasteiger partial charge >= 0.3 is 12.0 Å². The Morgan fingerprint density at radius 2 is 2.05 bits per heavy atom. The molecule has 0 saturated heterocycles. The van der Waals surface area contributed by atoms with Crippen LogP contribution in [-0.4, -0.2) is 28.6 Å². The number of pyridine rings is 1. The van der Waals surface area contributed by atoms with Crippen LogP contribution in [-0.2, 0) is 17.8 Å². The first-order chi connectivity index (χ1) is 9.92. The first kappa shape index (κ1) is 16.9. The van der Waals surface area contributed by atoms with Gasteiger partial charge < -0.3 is 15.7 Å². The van der Waals surface area contributed by atoms with Crippen LogP contribution in [0.3, 0.4) is 0 Å². The Morgan fingerprint density at radius 3 is 2.62 bits per heavy atom. The molecule has 6 heteroatoms. The highest BCUT2D eigenvalue weighted by Crippen LogP contribution is 2.19. The summed E-state index contributed by atoms with van der Waals surface area (Å²) in [4.78, 5) is 27.1. The highest BCUT2D eigenvalue weighted by atomic mass is 16.4. The average molecular weight is 293 g/mol. The molecule has 6 nitrogen and oxygen atoms in total. The van der Waals surface area contributed by atoms with E-state index in [1.54, 1.807) is 20.0 Å². The zero-order chi connectivity index (χ0) is 15.9. The molecule has 1 unspecified atom stereocenters. The molecule has 0 bridgehead atoms. The van der Waals surface area contributed by atoms with Gasteiger partial charge in [-0.15, -0.1) is 0 Å². The number of hydrogen-bond donors (Lipinski definition) is 3. The molecule has 21 heavy (non-hydrogen) atoms. The molecule has 0 aliphatic heterocycles. The molecule has 1 aromatic heterocycles. The smallest absolute Gasteiger partial charge is 0.315 e. The Hall–Kier alpha value is -2.11. The van der Waals surface area contributed by atoms with E-state index in [-0.39, 0.29) is 12.6 Å². The van der Waals surface area contributed by atoms with E-state index >= 15 is 0 Å². The fraction of sp³-hybridized carbons (Fsp3) is 0.533. The Kier molecular flexibility index (Phi) is 6.14. The molecule has 1 rings (SSSR count). The molecule has 3 N–H and O–H groups in total. The van der Waals surface area contributed by atoms with Gasteiger partial charge in [-0.25, -0.2) is 4.79 Å². The Balaban J connectivity index is 2.50. The monoisotopic (exact) mass is 293 g/mol. The Morgan fingerprint density at radius 1 is 1.33 bits per heavy atom. The van der Waals surface area contributed by atoms with Gasteiger partial charge in [0.2, 0.25) is 0 Å². The second-order valence-electron chi connectivity index (χ2n) is 5.22. The maximum Gasteiger partial charge on any atom is 0.315 e. The van der Waals surface area contributed by atoms with Crippen LogP contribution in [0.2, 0.25) is 0 Å². The fourth-order valence-corrected chi connectivity index (χ4v) is 1.81. The molecule has 2 amide bonds. The summed E-state index contributed by atoms with van der Waals surface area (Å²) in [5.74, 6) is -0.914. The number of aromatic nitrogens is 1. The normalized spacial score (nSPS) is 13.3. The first-order valence-electron chi connectivity index (χ1n) is 7.10. The van der Waals surface area contributed by atoms with E-state index < -0.39 is 11.4 Å². The molecule has 0 spiro atoms. The van der Waals surface area contributed by atoms with Crippen molar-refractivity contribution >= 4 is 12.0 Å². The number of nitrogens with one attached hydrogen (secondary N) is 2. The molecular formula is C15H23N3O3. The van der Waals surface area contributed by atoms with Crippen molar-refractivity contribution in [3.63, 3.8) is 0 Å². The van der Waals surface area contributed by atoms with E-state index in [1.807, 2.05) is 19.1 Å². The molecule has 116 valence electrons. The summed E-state index contributed by atoms with van der Waals surface area (Å²) in [5, 5.41) is 14.4. The van der Waals surface area contributed by atoms with Crippen LogP contribution >= 0.6 is 0 Å². The van der Waals surface area contributed by atoms with Crippen molar-refractivity contribution in [2.45, 2.75) is 40.2 Å². The van der Waals surface area contributed by atoms with Crippen molar-refractivity contribution in [3.8, 4) is 0 Å². The number of aliphatic carboxylic acids is 1. The van der Waals surface area contributed by atoms with Crippen molar-refractivity contribution in [1.82, 2.24) is 15.6 Å². The second kappa shape index (κ2) is 7.61. The third kappa shape index (κ3) is 4.73. The summed E-state index contributed by atoms with van der Waals surface area (Å²) in [6, 6.07) is 3.45. The van der Waals surface area contributed by atoms with Gasteiger partial charge in [0.15, 0.2) is 0 Å². The number of urea groups is 1. The lowest BCUT2D eigenvalue weighted by Gasteiger charge is -2.23. The van der Waals surface area contributed by atoms with Crippen molar-refractivity contribution in [2.24, 2.45) is 5.41 Å². The van der Waals surface area contributed by atoms with E-state index in [0.29, 0.717) is 13.0 Å². The number of hydrogen-bond acceptors (Lipinski definition) is 3. The minimum absolute atomic E-state index is 0.0908. The van der Waals surface area contributed by atoms with Crippen molar-refractivity contribution in [2.75, 3.05) is 6.54 Å². The van der Waals surface area contributed by atoms with Crippen molar-refractivity contribution in [3.05, 3.63) is 29.6 Å². The van der Waals surface area contributed by atoms with E-state index in [4.69, 9.17) is 5.11 Å². The van der Waals surface area contributed by atoms with Gasteiger partial charge in [-0.3, -0.25) is 9.78 Å². The van der Waals surface area contributed by atoms with Gasteiger partial charge in [0, 0.05) is 12.7 Å². The third-order valence-corrected chi connectivity index (χ3v) is 3.72. The molecule has 0 saturated carbocycles. The Labute approximate surface area is 125 Å². The van der Waals surface area contributed by atoms with Crippen LogP contribution in [0.5, 0.6) is 0 Å². The predicted molar refractivity (Wildman–Crippen MR) is 79.9 cm³/mol. The minimum atomic E-state index is -0.948. The number of carbonyl (C=O) groups is 2. The first-order valence-corrected chi connectivity index (χ1v) is 7.10. The summed E-state index contributed by atoms with van der Waals surface area (Å²) in [6.45, 7) is 5.85. The highest BCUT2D eigenvalue weighted by molar-refractivity contribution is 5.77. The van der Waals surface area contributed by atoms with Gasteiger partial charge in [-0.05, 0) is 31.4 Å². The van der Waals surface area contributed by atoms with Crippen LogP contribution in [0.25, 0.3) is 0 Å². The Bertz CT molecular complexity index is 505. The van der Waals surface area contributed by atoms with Gasteiger partial charge in [0.05, 0.1) is 17.7 Å². The van der Waals surface area contributed by atoms with Crippen molar-refractivity contribution in [1.29, 1.82) is 0 Å². The number of carboxylic acid groups (broad SMARTS) is 1. The molecule has 0 fully saturated rings. The minimum Gasteiger partial charge on any atom is -0.481 e. The van der Waals surface area contributed by atoms with Crippen LogP contribution in [0, 0.1) is 5.41 Å². The summed E-state index contributed by atoms with van der Waals surface area (Å²) < 4.78 is 0. The third-order valence-electron chi connectivity index (χ3n) is 3.72. The number of rotatable bonds is 7. The lowest BCUT2D eigenvalue weighted by atomic mass is 9.88. The molecule has 0 radical (unpaired) electrons. The molecule has 0 aliphatic rings. The quantitative estimate of drug-likeness (QED) is 0.716. The molecule has 1 aromatic rings. The largest absolute Gasteiger partial charge is 0.481 e. The van der Waals surface area contributed by atoms with Crippen LogP contribution in [0.15, 0.2) is 18.3 Å². The summed E-state index contributed by atoms with van der Waals surface area (Å²) in [7, 11) is 0. The van der Waals surface area contributed by atoms with E-state index in [9.17, 15) is 9.59 Å². The highest BCUT2D eigenvalue weighted by Gasteiger charge is 2.31. The molecule has 0 aromatic carbocycles. The predicted octanol–water partition coefficient (Wildman–Crippen LogP) is 1.94. The van der Waals surface area contributed by atoms with Gasteiger partial charge in [0.1, 0.15) is 0 Å². The SMILES string of the molecule is CCc1cccnc1CNC(=O)NCC(C)(CC)C(=O)O. The number of carbonyl (C=O) groups excluding carboxylic acids is 1. The summed E-state index contributed by atoms with van der Waals surface area (Å²) in [6.07, 6.45) is 2.98. The van der Waals surface area contributed by atoms with Crippen LogP contribution < -0.4 is 10.6 Å². The van der Waals surface area contributed by atoms with E-state index in [0.717, 1.165) is 17.7 Å². The van der Waals surface area contributed by atoms with Crippen LogP contribution in [0.1, 0.15) is 38.4 Å². The fourth-order valence-electron chi connectivity index (χ4n) is 1.81. The lowest BCUT2D eigenvalue weighted by Crippen LogP contribution is -2.44. The van der Waals surface area contributed by atoms with Crippen molar-refractivity contribution < 1.29 is 14.7 Å². The topological polar surface area (TPSA) is 91.3 Å². The van der Waals surface area contributed by atoms with Gasteiger partial charge in [-0.2, -0.15) is 0 Å². The van der Waals surface area contributed by atoms with E-state index in [2.05, 4.69) is 15.6 Å².